The molecule has 0 aliphatic heterocycles. The van der Waals surface area contributed by atoms with Gasteiger partial charge in [0.2, 0.25) is 0 Å². The number of ether oxygens (including phenoxy) is 2. The van der Waals surface area contributed by atoms with Crippen LogP contribution in [-0.2, 0) is 19.1 Å². The average Bonchev–Trinajstić information content (AvgIpc) is 3.49. The summed E-state index contributed by atoms with van der Waals surface area (Å²) in [5.41, 5.74) is 0. The van der Waals surface area contributed by atoms with E-state index in [1.54, 1.807) is 0 Å². The van der Waals surface area contributed by atoms with E-state index in [0.29, 0.717) is 12.8 Å². The third-order valence-electron chi connectivity index (χ3n) is 12.5. The monoisotopic (exact) mass is 1120 g/mol. The van der Waals surface area contributed by atoms with E-state index in [1.807, 2.05) is 0 Å². The van der Waals surface area contributed by atoms with E-state index in [1.165, 1.54) is 0 Å². The van der Waals surface area contributed by atoms with Crippen LogP contribution in [0.3, 0.4) is 0 Å². The molecule has 0 spiro atoms. The van der Waals surface area contributed by atoms with Gasteiger partial charge in [0.25, 0.3) is 0 Å². The summed E-state index contributed by atoms with van der Waals surface area (Å²) in [6, 6.07) is 0. The van der Waals surface area contributed by atoms with Gasteiger partial charge in [-0.2, -0.15) is 0 Å². The van der Waals surface area contributed by atoms with Gasteiger partial charge in [0, 0.05) is 12.8 Å². The van der Waals surface area contributed by atoms with Crippen molar-refractivity contribution in [2.45, 2.75) is 225 Å². The Morgan fingerprint density at radius 1 is 0.280 bits per heavy atom. The number of carbonyl (C=O) groups is 2. The molecule has 0 bridgehead atoms. The Morgan fingerprint density at radius 2 is 0.488 bits per heavy atom. The molecule has 0 aliphatic rings. The third kappa shape index (κ3) is 66.5. The number of hydrogen-bond donors (Lipinski definition) is 1. The summed E-state index contributed by atoms with van der Waals surface area (Å²) in [6.07, 6.45) is 115. The number of aliphatic hydroxyl groups excluding tert-OH is 1. The van der Waals surface area contributed by atoms with Crippen molar-refractivity contribution in [2.24, 2.45) is 0 Å². The number of rotatable bonds is 55. The number of allylic oxidation sites excluding steroid dienone is 38. The van der Waals surface area contributed by atoms with Crippen LogP contribution in [0.15, 0.2) is 231 Å². The van der Waals surface area contributed by atoms with Gasteiger partial charge in [-0.25, -0.2) is 0 Å². The van der Waals surface area contributed by atoms with Crippen LogP contribution in [0.4, 0.5) is 0 Å². The highest BCUT2D eigenvalue weighted by molar-refractivity contribution is 5.70. The molecule has 1 N–H and O–H groups in total. The summed E-state index contributed by atoms with van der Waals surface area (Å²) >= 11 is 0. The van der Waals surface area contributed by atoms with Gasteiger partial charge in [-0.3, -0.25) is 9.59 Å². The quantitative estimate of drug-likeness (QED) is 0.0373. The van der Waals surface area contributed by atoms with Crippen LogP contribution in [0.1, 0.15) is 219 Å². The van der Waals surface area contributed by atoms with Gasteiger partial charge in [-0.05, 0) is 161 Å². The van der Waals surface area contributed by atoms with Crippen molar-refractivity contribution in [3.05, 3.63) is 231 Å². The van der Waals surface area contributed by atoms with Crippen molar-refractivity contribution in [1.29, 1.82) is 0 Å². The Labute approximate surface area is 503 Å². The largest absolute Gasteiger partial charge is 0.462 e. The van der Waals surface area contributed by atoms with Gasteiger partial charge in [-0.1, -0.05) is 277 Å². The van der Waals surface area contributed by atoms with Crippen molar-refractivity contribution in [3.8, 4) is 0 Å². The van der Waals surface area contributed by atoms with Gasteiger partial charge in [-0.15, -0.1) is 0 Å². The smallest absolute Gasteiger partial charge is 0.306 e. The highest BCUT2D eigenvalue weighted by atomic mass is 16.6. The SMILES string of the molecule is CC/C=C\C/C=C\C/C=C\C/C=C\C/C=C\C/C=C\C/C=C\C/C=C\C/C=C\C/C=C\C/C=C\CCCCCCCC(=O)OC(CO)COC(=O)CCCCCC/C=C\C/C=C\C/C=C\C/C=C\C/C=C\C/C=C\C/C=C\C/C=C\CC. The maximum atomic E-state index is 12.3. The minimum atomic E-state index is -0.815. The molecule has 0 aromatic carbocycles. The Balaban J connectivity index is 3.72. The second-order valence-corrected chi connectivity index (χ2v) is 20.0. The van der Waals surface area contributed by atoms with Gasteiger partial charge in [0.05, 0.1) is 6.61 Å². The summed E-state index contributed by atoms with van der Waals surface area (Å²) in [4.78, 5) is 24.6. The van der Waals surface area contributed by atoms with E-state index in [4.69, 9.17) is 9.47 Å². The molecule has 5 heteroatoms. The van der Waals surface area contributed by atoms with Crippen molar-refractivity contribution < 1.29 is 24.2 Å². The van der Waals surface area contributed by atoms with Crippen LogP contribution in [0.25, 0.3) is 0 Å². The van der Waals surface area contributed by atoms with E-state index < -0.39 is 6.10 Å². The average molecular weight is 1120 g/mol. The first-order chi connectivity index (χ1) is 40.6. The molecule has 452 valence electrons. The zero-order chi connectivity index (χ0) is 59.1. The maximum Gasteiger partial charge on any atom is 0.306 e. The van der Waals surface area contributed by atoms with Crippen LogP contribution >= 0.6 is 0 Å². The molecule has 0 aromatic heterocycles. The molecule has 0 radical (unpaired) electrons. The van der Waals surface area contributed by atoms with Crippen molar-refractivity contribution in [2.75, 3.05) is 13.2 Å². The fraction of sp³-hybridized carbons (Fsp3) is 0.481. The third-order valence-corrected chi connectivity index (χ3v) is 12.5. The standard InChI is InChI=1S/C77H114O5/c1-3-5-7-9-11-13-15-17-19-21-23-25-27-29-31-33-34-35-36-37-38-39-40-41-42-44-46-48-50-52-54-56-58-60-62-64-66-68-70-72-77(80)82-75(73-78)74-81-76(79)71-69-67-65-63-61-59-57-55-53-51-49-47-45-43-32-30-28-26-24-22-20-18-16-14-12-10-8-6-4-2/h5-8,11-14,17-20,23-26,29-32,34-35,37-38,40-41,44-47,50-53,56-59,75,78H,3-4,9-10,15-16,21-22,27-28,33,36,39,42-43,48-49,54-55,60-74H2,1-2H3/b7-5-,8-6-,13-11-,14-12-,19-17-,20-18-,25-23-,26-24-,31-29-,32-30-,35-34-,38-37-,41-40-,46-44-,47-45-,52-50-,53-51-,58-56-,59-57-. The highest BCUT2D eigenvalue weighted by Crippen LogP contribution is 2.11. The molecule has 0 aliphatic carbocycles. The lowest BCUT2D eigenvalue weighted by atomic mass is 10.1. The number of carbonyl (C=O) groups excluding carboxylic acids is 2. The van der Waals surface area contributed by atoms with E-state index >= 15 is 0 Å². The molecule has 0 rings (SSSR count). The number of aliphatic hydroxyl groups is 1. The summed E-state index contributed by atoms with van der Waals surface area (Å²) in [5, 5.41) is 9.68. The van der Waals surface area contributed by atoms with Crippen LogP contribution < -0.4 is 0 Å². The molecule has 0 heterocycles. The van der Waals surface area contributed by atoms with E-state index in [-0.39, 0.29) is 25.2 Å². The first kappa shape index (κ1) is 76.0. The highest BCUT2D eigenvalue weighted by Gasteiger charge is 2.16. The molecule has 0 saturated carbocycles. The number of hydrogen-bond acceptors (Lipinski definition) is 5. The normalized spacial score (nSPS) is 13.8. The Hall–Kier alpha value is -6.04. The lowest BCUT2D eigenvalue weighted by molar-refractivity contribution is -0.161. The summed E-state index contributed by atoms with van der Waals surface area (Å²) in [6.45, 7) is 3.85. The first-order valence-electron chi connectivity index (χ1n) is 31.9. The van der Waals surface area contributed by atoms with Crippen molar-refractivity contribution in [1.82, 2.24) is 0 Å². The molecule has 0 aromatic rings. The van der Waals surface area contributed by atoms with E-state index in [0.717, 1.165) is 193 Å². The van der Waals surface area contributed by atoms with Crippen LogP contribution in [0.5, 0.6) is 0 Å². The molecule has 82 heavy (non-hydrogen) atoms. The van der Waals surface area contributed by atoms with Crippen LogP contribution in [0.2, 0.25) is 0 Å². The van der Waals surface area contributed by atoms with Crippen LogP contribution in [-0.4, -0.2) is 36.4 Å². The second kappa shape index (κ2) is 69.2. The molecular weight excluding hydrogens is 1000 g/mol. The molecule has 0 saturated heterocycles. The summed E-state index contributed by atoms with van der Waals surface area (Å²) in [5.74, 6) is -0.663. The molecule has 5 nitrogen and oxygen atoms in total. The molecule has 1 unspecified atom stereocenters. The van der Waals surface area contributed by atoms with E-state index in [2.05, 4.69) is 245 Å². The second-order valence-electron chi connectivity index (χ2n) is 20.0. The maximum absolute atomic E-state index is 12.3. The molecule has 1 atom stereocenters. The molecule has 0 fully saturated rings. The van der Waals surface area contributed by atoms with E-state index in [9.17, 15) is 14.7 Å². The first-order valence-corrected chi connectivity index (χ1v) is 31.9. The molecule has 0 amide bonds. The summed E-state index contributed by atoms with van der Waals surface area (Å²) in [7, 11) is 0. The lowest BCUT2D eigenvalue weighted by Crippen LogP contribution is -2.28. The summed E-state index contributed by atoms with van der Waals surface area (Å²) < 4.78 is 10.7. The predicted molar refractivity (Wildman–Crippen MR) is 361 cm³/mol. The zero-order valence-corrected chi connectivity index (χ0v) is 51.6. The van der Waals surface area contributed by atoms with Crippen molar-refractivity contribution in [3.63, 3.8) is 0 Å². The molecular formula is C77H114O5. The Kier molecular flexibility index (Phi) is 64.1. The number of unbranched alkanes of at least 4 members (excludes halogenated alkanes) is 9. The topological polar surface area (TPSA) is 72.8 Å². The van der Waals surface area contributed by atoms with Gasteiger partial charge < -0.3 is 14.6 Å². The zero-order valence-electron chi connectivity index (χ0n) is 51.6. The van der Waals surface area contributed by atoms with Crippen LogP contribution in [0, 0.1) is 0 Å². The van der Waals surface area contributed by atoms with Gasteiger partial charge in [0.15, 0.2) is 6.10 Å². The lowest BCUT2D eigenvalue weighted by Gasteiger charge is -2.15. The Bertz CT molecular complexity index is 2040. The Morgan fingerprint density at radius 3 is 0.732 bits per heavy atom. The minimum Gasteiger partial charge on any atom is -0.462 e. The van der Waals surface area contributed by atoms with Gasteiger partial charge >= 0.3 is 11.9 Å². The fourth-order valence-corrected chi connectivity index (χ4v) is 7.75. The fourth-order valence-electron chi connectivity index (χ4n) is 7.75. The minimum absolute atomic E-state index is 0.104. The number of esters is 2. The predicted octanol–water partition coefficient (Wildman–Crippen LogP) is 22.5. The van der Waals surface area contributed by atoms with Crippen molar-refractivity contribution >= 4 is 11.9 Å². The van der Waals surface area contributed by atoms with Gasteiger partial charge in [0.1, 0.15) is 6.61 Å².